The Balaban J connectivity index is 2.38. The molecule has 0 fully saturated rings. The van der Waals surface area contributed by atoms with E-state index in [1.807, 2.05) is 0 Å². The Morgan fingerprint density at radius 2 is 2.05 bits per heavy atom. The van der Waals surface area contributed by atoms with E-state index < -0.39 is 18.1 Å². The van der Waals surface area contributed by atoms with Gasteiger partial charge < -0.3 is 20.4 Å². The lowest BCUT2D eigenvalue weighted by Crippen LogP contribution is -2.25. The molecule has 4 N–H and O–H groups in total. The first-order valence-corrected chi connectivity index (χ1v) is 5.65. The highest BCUT2D eigenvalue weighted by molar-refractivity contribution is 5.77. The number of carbonyl (C=O) groups excluding carboxylic acids is 1. The number of primary amides is 1. The number of carbonyl (C=O) groups is 1. The van der Waals surface area contributed by atoms with Crippen LogP contribution in [0.3, 0.4) is 0 Å². The lowest BCUT2D eigenvalue weighted by atomic mass is 10.0. The molecule has 1 aromatic carbocycles. The van der Waals surface area contributed by atoms with Gasteiger partial charge in [0.2, 0.25) is 5.91 Å². The van der Waals surface area contributed by atoms with Crippen molar-refractivity contribution in [2.45, 2.75) is 18.6 Å². The van der Waals surface area contributed by atoms with E-state index in [0.29, 0.717) is 16.5 Å². The molecule has 0 saturated carbocycles. The van der Waals surface area contributed by atoms with E-state index in [4.69, 9.17) is 10.2 Å². The van der Waals surface area contributed by atoms with E-state index in [1.54, 1.807) is 0 Å². The molecule has 1 heterocycles. The van der Waals surface area contributed by atoms with Crippen LogP contribution in [0, 0.1) is 0 Å². The first-order chi connectivity index (χ1) is 8.99. The summed E-state index contributed by atoms with van der Waals surface area (Å²) in [6.07, 6.45) is -1.69. The van der Waals surface area contributed by atoms with Crippen molar-refractivity contribution >= 4 is 16.9 Å². The van der Waals surface area contributed by atoms with Gasteiger partial charge in [0.05, 0.1) is 24.2 Å². The maximum Gasteiger partial charge on any atom is 0.220 e. The maximum atomic E-state index is 11.6. The van der Waals surface area contributed by atoms with Crippen molar-refractivity contribution in [3.05, 3.63) is 46.3 Å². The Hall–Kier alpha value is -2.18. The Morgan fingerprint density at radius 1 is 1.32 bits per heavy atom. The largest absolute Gasteiger partial charge is 0.464 e. The molecular formula is C13H13NO5. The van der Waals surface area contributed by atoms with E-state index in [0.717, 1.165) is 0 Å². The summed E-state index contributed by atoms with van der Waals surface area (Å²) in [4.78, 5) is 22.3. The fraction of sp³-hybridized carbons (Fsp3) is 0.231. The summed E-state index contributed by atoms with van der Waals surface area (Å²) in [5.74, 6) is -0.716. The fourth-order valence-electron chi connectivity index (χ4n) is 1.83. The van der Waals surface area contributed by atoms with E-state index in [-0.39, 0.29) is 11.8 Å². The fourth-order valence-corrected chi connectivity index (χ4v) is 1.83. The molecule has 0 spiro atoms. The van der Waals surface area contributed by atoms with Crippen LogP contribution < -0.4 is 11.2 Å². The standard InChI is InChI=1S/C13H13NO5/c14-12(17)6-10(16)13(18)7-1-2-11-8(5-7)9(15)3-4-19-11/h1-5,10,13,16,18H,6H2,(H2,14,17). The number of nitrogens with two attached hydrogens (primary N) is 1. The minimum atomic E-state index is -1.31. The van der Waals surface area contributed by atoms with Gasteiger partial charge in [0.15, 0.2) is 5.43 Å². The minimum absolute atomic E-state index is 0.250. The van der Waals surface area contributed by atoms with Crippen molar-refractivity contribution in [1.82, 2.24) is 0 Å². The van der Waals surface area contributed by atoms with E-state index in [2.05, 4.69) is 0 Å². The van der Waals surface area contributed by atoms with Crippen LogP contribution in [-0.4, -0.2) is 22.2 Å². The topological polar surface area (TPSA) is 114 Å². The third kappa shape index (κ3) is 2.81. The molecule has 0 aliphatic heterocycles. The van der Waals surface area contributed by atoms with Gasteiger partial charge in [0.25, 0.3) is 0 Å². The highest BCUT2D eigenvalue weighted by atomic mass is 16.3. The average molecular weight is 263 g/mol. The van der Waals surface area contributed by atoms with Crippen molar-refractivity contribution in [2.75, 3.05) is 0 Å². The predicted molar refractivity (Wildman–Crippen MR) is 67.3 cm³/mol. The molecule has 2 aromatic rings. The summed E-state index contributed by atoms with van der Waals surface area (Å²) < 4.78 is 5.13. The van der Waals surface area contributed by atoms with Crippen LogP contribution in [0.2, 0.25) is 0 Å². The highest BCUT2D eigenvalue weighted by Gasteiger charge is 2.20. The molecular weight excluding hydrogens is 250 g/mol. The third-order valence-electron chi connectivity index (χ3n) is 2.80. The molecule has 0 bridgehead atoms. The van der Waals surface area contributed by atoms with Crippen LogP contribution in [0.25, 0.3) is 11.0 Å². The van der Waals surface area contributed by atoms with Crippen LogP contribution >= 0.6 is 0 Å². The van der Waals surface area contributed by atoms with Crippen molar-refractivity contribution < 1.29 is 19.4 Å². The average Bonchev–Trinajstić information content (AvgIpc) is 2.37. The Morgan fingerprint density at radius 3 is 2.74 bits per heavy atom. The summed E-state index contributed by atoms with van der Waals surface area (Å²) in [7, 11) is 0. The Kier molecular flexibility index (Phi) is 3.64. The SMILES string of the molecule is NC(=O)CC(O)C(O)c1ccc2occc(=O)c2c1. The first kappa shape index (κ1) is 13.3. The zero-order valence-corrected chi connectivity index (χ0v) is 9.95. The van der Waals surface area contributed by atoms with Gasteiger partial charge in [-0.25, -0.2) is 0 Å². The van der Waals surface area contributed by atoms with E-state index >= 15 is 0 Å². The van der Waals surface area contributed by atoms with Crippen LogP contribution in [0.5, 0.6) is 0 Å². The number of fused-ring (bicyclic) bond motifs is 1. The smallest absolute Gasteiger partial charge is 0.220 e. The number of rotatable bonds is 4. The van der Waals surface area contributed by atoms with Crippen molar-refractivity contribution in [1.29, 1.82) is 0 Å². The monoisotopic (exact) mass is 263 g/mol. The lowest BCUT2D eigenvalue weighted by Gasteiger charge is -2.16. The molecule has 0 radical (unpaired) electrons. The summed E-state index contributed by atoms with van der Waals surface area (Å²) in [5.41, 5.74) is 5.40. The second-order valence-electron chi connectivity index (χ2n) is 4.22. The van der Waals surface area contributed by atoms with Crippen LogP contribution in [0.1, 0.15) is 18.1 Å². The van der Waals surface area contributed by atoms with Crippen LogP contribution in [0.4, 0.5) is 0 Å². The Bertz CT molecular complexity index is 663. The summed E-state index contributed by atoms with van der Waals surface area (Å²) in [5, 5.41) is 19.8. The third-order valence-corrected chi connectivity index (χ3v) is 2.80. The summed E-state index contributed by atoms with van der Waals surface area (Å²) >= 11 is 0. The second-order valence-corrected chi connectivity index (χ2v) is 4.22. The normalized spacial score (nSPS) is 14.2. The molecule has 1 amide bonds. The van der Waals surface area contributed by atoms with Gasteiger partial charge in [-0.2, -0.15) is 0 Å². The number of aliphatic hydroxyl groups excluding tert-OH is 2. The van der Waals surface area contributed by atoms with Gasteiger partial charge in [-0.15, -0.1) is 0 Å². The molecule has 1 aromatic heterocycles. The minimum Gasteiger partial charge on any atom is -0.464 e. The van der Waals surface area contributed by atoms with Crippen molar-refractivity contribution in [3.8, 4) is 0 Å². The molecule has 0 aliphatic carbocycles. The molecule has 6 nitrogen and oxygen atoms in total. The highest BCUT2D eigenvalue weighted by Crippen LogP contribution is 2.22. The van der Waals surface area contributed by atoms with Crippen LogP contribution in [-0.2, 0) is 4.79 Å². The van der Waals surface area contributed by atoms with Gasteiger partial charge in [-0.3, -0.25) is 9.59 Å². The zero-order valence-electron chi connectivity index (χ0n) is 9.95. The lowest BCUT2D eigenvalue weighted by molar-refractivity contribution is -0.121. The molecule has 6 heteroatoms. The number of amides is 1. The van der Waals surface area contributed by atoms with Gasteiger partial charge in [0.1, 0.15) is 11.7 Å². The first-order valence-electron chi connectivity index (χ1n) is 5.65. The zero-order chi connectivity index (χ0) is 14.0. The van der Waals surface area contributed by atoms with Crippen LogP contribution in [0.15, 0.2) is 39.7 Å². The maximum absolute atomic E-state index is 11.6. The molecule has 0 aliphatic rings. The van der Waals surface area contributed by atoms with Crippen molar-refractivity contribution in [3.63, 3.8) is 0 Å². The van der Waals surface area contributed by atoms with Gasteiger partial charge in [0, 0.05) is 6.07 Å². The number of hydrogen-bond donors (Lipinski definition) is 3. The molecule has 19 heavy (non-hydrogen) atoms. The molecule has 0 saturated heterocycles. The summed E-state index contributed by atoms with van der Waals surface area (Å²) in [6.45, 7) is 0. The molecule has 2 rings (SSSR count). The number of hydrogen-bond acceptors (Lipinski definition) is 5. The summed E-state index contributed by atoms with van der Waals surface area (Å²) in [6, 6.07) is 5.72. The predicted octanol–water partition coefficient (Wildman–Crippen LogP) is 0.0627. The molecule has 2 unspecified atom stereocenters. The Labute approximate surface area is 108 Å². The van der Waals surface area contributed by atoms with E-state index in [1.165, 1.54) is 30.5 Å². The van der Waals surface area contributed by atoms with Gasteiger partial charge >= 0.3 is 0 Å². The van der Waals surface area contributed by atoms with E-state index in [9.17, 15) is 19.8 Å². The van der Waals surface area contributed by atoms with Crippen molar-refractivity contribution in [2.24, 2.45) is 5.73 Å². The number of benzene rings is 1. The second kappa shape index (κ2) is 5.21. The molecule has 2 atom stereocenters. The number of aliphatic hydroxyl groups is 2. The van der Waals surface area contributed by atoms with Gasteiger partial charge in [-0.05, 0) is 17.7 Å². The quantitative estimate of drug-likeness (QED) is 0.721. The molecule has 100 valence electrons. The van der Waals surface area contributed by atoms with Gasteiger partial charge in [-0.1, -0.05) is 6.07 Å².